The SMILES string of the molecule is ONC(Cl)(Cl)Cl. The molecule has 0 aliphatic rings. The molecule has 0 aromatic heterocycles. The molecule has 0 aliphatic heterocycles. The van der Waals surface area contributed by atoms with E-state index < -0.39 is 3.92 Å². The first-order valence-electron chi connectivity index (χ1n) is 1.04. The Kier molecular flexibility index (Phi) is 2.48. The van der Waals surface area contributed by atoms with Gasteiger partial charge in [-0.1, -0.05) is 34.8 Å². The van der Waals surface area contributed by atoms with Crippen LogP contribution in [0, 0.1) is 0 Å². The Labute approximate surface area is 49.9 Å². The Morgan fingerprint density at radius 1 is 1.33 bits per heavy atom. The molecule has 0 aromatic carbocycles. The monoisotopic (exact) mass is 149 g/mol. The Morgan fingerprint density at radius 3 is 1.50 bits per heavy atom. The molecule has 0 saturated carbocycles. The van der Waals surface area contributed by atoms with Gasteiger partial charge in [-0.05, 0) is 0 Å². The lowest BCUT2D eigenvalue weighted by Crippen LogP contribution is -2.23. The normalized spacial score (nSPS) is 12.0. The summed E-state index contributed by atoms with van der Waals surface area (Å²) in [5, 5.41) is 7.76. The number of nitrogens with one attached hydrogen (secondary N) is 1. The molecule has 0 aliphatic carbocycles. The highest BCUT2D eigenvalue weighted by Crippen LogP contribution is 2.19. The van der Waals surface area contributed by atoms with Crippen LogP contribution < -0.4 is 5.48 Å². The third-order valence-corrected chi connectivity index (χ3v) is 0.380. The van der Waals surface area contributed by atoms with Gasteiger partial charge < -0.3 is 5.21 Å². The molecule has 0 amide bonds. The van der Waals surface area contributed by atoms with E-state index in [4.69, 9.17) is 40.0 Å². The maximum atomic E-state index is 7.76. The zero-order valence-electron chi connectivity index (χ0n) is 2.58. The number of hydrogen-bond donors (Lipinski definition) is 2. The zero-order valence-corrected chi connectivity index (χ0v) is 4.85. The second-order valence-corrected chi connectivity index (χ2v) is 2.89. The van der Waals surface area contributed by atoms with E-state index in [-0.39, 0.29) is 0 Å². The van der Waals surface area contributed by atoms with Crippen LogP contribution in [0.3, 0.4) is 0 Å². The van der Waals surface area contributed by atoms with Crippen LogP contribution in [-0.2, 0) is 0 Å². The second kappa shape index (κ2) is 2.19. The summed E-state index contributed by atoms with van der Waals surface area (Å²) >= 11 is 14.7. The minimum absolute atomic E-state index is 1.40. The Bertz CT molecular complexity index is 40.5. The largest absolute Gasteiger partial charge is 0.313 e. The minimum Gasteiger partial charge on any atom is -0.313 e. The van der Waals surface area contributed by atoms with Gasteiger partial charge in [-0.2, -0.15) is 5.48 Å². The molecular formula is CH2Cl3NO. The van der Waals surface area contributed by atoms with Gasteiger partial charge in [0.15, 0.2) is 0 Å². The molecule has 6 heavy (non-hydrogen) atoms. The summed E-state index contributed by atoms with van der Waals surface area (Å²) in [5.41, 5.74) is 1.40. The van der Waals surface area contributed by atoms with Crippen molar-refractivity contribution < 1.29 is 5.21 Å². The number of hydrogen-bond acceptors (Lipinski definition) is 2. The van der Waals surface area contributed by atoms with Crippen molar-refractivity contribution in [2.24, 2.45) is 0 Å². The summed E-state index contributed by atoms with van der Waals surface area (Å²) in [6, 6.07) is 0. The average molecular weight is 150 g/mol. The smallest absolute Gasteiger partial charge is 0.266 e. The molecule has 0 fully saturated rings. The quantitative estimate of drug-likeness (QED) is 0.310. The fraction of sp³-hybridized carbons (Fsp3) is 1.00. The Balaban J connectivity index is 3.17. The molecule has 2 N–H and O–H groups in total. The van der Waals surface area contributed by atoms with Crippen molar-refractivity contribution >= 4 is 34.8 Å². The van der Waals surface area contributed by atoms with Gasteiger partial charge in [0.1, 0.15) is 0 Å². The maximum absolute atomic E-state index is 7.76. The van der Waals surface area contributed by atoms with Crippen molar-refractivity contribution in [1.29, 1.82) is 0 Å². The zero-order chi connectivity index (χ0) is 5.21. The first-order chi connectivity index (χ1) is 2.56. The van der Waals surface area contributed by atoms with Crippen molar-refractivity contribution in [1.82, 2.24) is 5.48 Å². The number of alkyl halides is 3. The predicted octanol–water partition coefficient (Wildman–Crippen LogP) is 1.29. The van der Waals surface area contributed by atoms with Gasteiger partial charge in [0.05, 0.1) is 0 Å². The molecule has 0 atom stereocenters. The third kappa shape index (κ3) is 4.79. The van der Waals surface area contributed by atoms with Crippen molar-refractivity contribution in [3.8, 4) is 0 Å². The van der Waals surface area contributed by atoms with Crippen molar-refractivity contribution in [2.75, 3.05) is 0 Å². The molecular weight excluding hydrogens is 148 g/mol. The standard InChI is InChI=1S/CH2Cl3NO/c2-1(3,4)5-6/h5-6H. The van der Waals surface area contributed by atoms with Gasteiger partial charge >= 0.3 is 0 Å². The van der Waals surface area contributed by atoms with E-state index in [1.54, 1.807) is 0 Å². The molecule has 0 bridgehead atoms. The molecule has 0 rings (SSSR count). The fourth-order valence-corrected chi connectivity index (χ4v) is 0. The lowest BCUT2D eigenvalue weighted by molar-refractivity contribution is 0.165. The molecule has 0 spiro atoms. The van der Waals surface area contributed by atoms with Crippen molar-refractivity contribution in [3.63, 3.8) is 0 Å². The van der Waals surface area contributed by atoms with Crippen LogP contribution in [0.1, 0.15) is 0 Å². The number of rotatable bonds is 0. The van der Waals surface area contributed by atoms with E-state index in [9.17, 15) is 0 Å². The van der Waals surface area contributed by atoms with Gasteiger partial charge in [-0.15, -0.1) is 0 Å². The van der Waals surface area contributed by atoms with Crippen LogP contribution in [0.4, 0.5) is 0 Å². The van der Waals surface area contributed by atoms with E-state index in [2.05, 4.69) is 0 Å². The first-order valence-corrected chi connectivity index (χ1v) is 2.17. The summed E-state index contributed by atoms with van der Waals surface area (Å²) in [6.45, 7) is 0. The second-order valence-electron chi connectivity index (χ2n) is 0.610. The maximum Gasteiger partial charge on any atom is 0.266 e. The summed E-state index contributed by atoms with van der Waals surface area (Å²) in [4.78, 5) is 0. The molecule has 0 saturated heterocycles. The van der Waals surface area contributed by atoms with Crippen LogP contribution in [0.15, 0.2) is 0 Å². The molecule has 38 valence electrons. The summed E-state index contributed by atoms with van der Waals surface area (Å²) in [7, 11) is 0. The van der Waals surface area contributed by atoms with Crippen molar-refractivity contribution in [2.45, 2.75) is 3.92 Å². The molecule has 0 aromatic rings. The topological polar surface area (TPSA) is 32.3 Å². The Morgan fingerprint density at radius 2 is 1.50 bits per heavy atom. The van der Waals surface area contributed by atoms with Crippen LogP contribution in [-0.4, -0.2) is 9.12 Å². The highest BCUT2D eigenvalue weighted by Gasteiger charge is 2.15. The van der Waals surface area contributed by atoms with E-state index >= 15 is 0 Å². The number of hydroxylamine groups is 1. The van der Waals surface area contributed by atoms with Gasteiger partial charge in [-0.25, -0.2) is 0 Å². The average Bonchev–Trinajstić information content (AvgIpc) is 1.35. The molecule has 5 heteroatoms. The predicted molar refractivity (Wildman–Crippen MR) is 25.2 cm³/mol. The number of halogens is 3. The van der Waals surface area contributed by atoms with Crippen molar-refractivity contribution in [3.05, 3.63) is 0 Å². The van der Waals surface area contributed by atoms with Crippen LogP contribution in [0.5, 0.6) is 0 Å². The molecule has 2 nitrogen and oxygen atoms in total. The summed E-state index contributed by atoms with van der Waals surface area (Å²) in [5.74, 6) is 0. The lowest BCUT2D eigenvalue weighted by Gasteiger charge is -2.03. The van der Waals surface area contributed by atoms with Crippen LogP contribution >= 0.6 is 34.8 Å². The van der Waals surface area contributed by atoms with E-state index in [1.807, 2.05) is 0 Å². The molecule has 0 heterocycles. The van der Waals surface area contributed by atoms with Gasteiger partial charge in [0.2, 0.25) is 0 Å². The minimum atomic E-state index is -1.74. The van der Waals surface area contributed by atoms with Gasteiger partial charge in [0, 0.05) is 0 Å². The first kappa shape index (κ1) is 6.79. The highest BCUT2D eigenvalue weighted by atomic mass is 35.6. The van der Waals surface area contributed by atoms with E-state index in [0.717, 1.165) is 0 Å². The van der Waals surface area contributed by atoms with Gasteiger partial charge in [-0.3, -0.25) is 0 Å². The Hall–Kier alpha value is 0.790. The fourth-order valence-electron chi connectivity index (χ4n) is 0. The van der Waals surface area contributed by atoms with E-state index in [0.29, 0.717) is 0 Å². The summed E-state index contributed by atoms with van der Waals surface area (Å²) in [6.07, 6.45) is 0. The van der Waals surface area contributed by atoms with E-state index in [1.165, 1.54) is 5.48 Å². The van der Waals surface area contributed by atoms with Gasteiger partial charge in [0.25, 0.3) is 3.92 Å². The lowest BCUT2D eigenvalue weighted by atomic mass is 11.5. The third-order valence-electron chi connectivity index (χ3n) is 0.127. The molecule has 0 radical (unpaired) electrons. The molecule has 0 unspecified atom stereocenters. The highest BCUT2D eigenvalue weighted by molar-refractivity contribution is 6.67. The summed E-state index contributed by atoms with van der Waals surface area (Å²) < 4.78 is -1.74. The van der Waals surface area contributed by atoms with Crippen LogP contribution in [0.2, 0.25) is 0 Å². The van der Waals surface area contributed by atoms with Crippen LogP contribution in [0.25, 0.3) is 0 Å².